The molecule has 7 nitrogen and oxygen atoms in total. The molecule has 0 aromatic carbocycles. The van der Waals surface area contributed by atoms with Crippen LogP contribution in [0.1, 0.15) is 44.3 Å². The van der Waals surface area contributed by atoms with Gasteiger partial charge in [-0.2, -0.15) is 13.2 Å². The van der Waals surface area contributed by atoms with Gasteiger partial charge in [-0.25, -0.2) is 9.78 Å². The molecule has 1 amide bonds. The van der Waals surface area contributed by atoms with E-state index < -0.39 is 17.5 Å². The highest BCUT2D eigenvalue weighted by molar-refractivity contribution is 7.09. The lowest BCUT2D eigenvalue weighted by Gasteiger charge is -2.33. The minimum Gasteiger partial charge on any atom is -0.444 e. The highest BCUT2D eigenvalue weighted by Gasteiger charge is 2.33. The quantitative estimate of drug-likeness (QED) is 0.559. The Morgan fingerprint density at radius 2 is 1.97 bits per heavy atom. The smallest absolute Gasteiger partial charge is 0.434 e. The number of nitrogens with zero attached hydrogens (tertiary/aromatic N) is 3. The highest BCUT2D eigenvalue weighted by atomic mass is 32.1. The third kappa shape index (κ3) is 7.71. The Labute approximate surface area is 172 Å². The molecule has 164 valence electrons. The van der Waals surface area contributed by atoms with Crippen molar-refractivity contribution in [3.05, 3.63) is 16.1 Å². The first kappa shape index (κ1) is 23.2. The van der Waals surface area contributed by atoms with Gasteiger partial charge >= 0.3 is 12.3 Å². The van der Waals surface area contributed by atoms with Crippen molar-refractivity contribution in [3.8, 4) is 0 Å². The van der Waals surface area contributed by atoms with Crippen molar-refractivity contribution >= 4 is 23.4 Å². The van der Waals surface area contributed by atoms with Gasteiger partial charge in [0.15, 0.2) is 11.7 Å². The average Bonchev–Trinajstić information content (AvgIpc) is 3.10. The summed E-state index contributed by atoms with van der Waals surface area (Å²) in [6.07, 6.45) is -3.04. The molecule has 1 saturated heterocycles. The van der Waals surface area contributed by atoms with Gasteiger partial charge in [-0.1, -0.05) is 0 Å². The molecule has 1 aromatic heterocycles. The lowest BCUT2D eigenvalue weighted by Crippen LogP contribution is -2.45. The highest BCUT2D eigenvalue weighted by Crippen LogP contribution is 2.29. The number of amides is 1. The van der Waals surface area contributed by atoms with Crippen LogP contribution in [0.5, 0.6) is 0 Å². The number of piperidine rings is 1. The molecule has 2 N–H and O–H groups in total. The van der Waals surface area contributed by atoms with E-state index in [0.29, 0.717) is 36.5 Å². The van der Waals surface area contributed by atoms with Gasteiger partial charge in [0.25, 0.3) is 0 Å². The van der Waals surface area contributed by atoms with Gasteiger partial charge < -0.3 is 20.3 Å². The molecule has 0 radical (unpaired) electrons. The van der Waals surface area contributed by atoms with Gasteiger partial charge in [0.1, 0.15) is 10.6 Å². The van der Waals surface area contributed by atoms with Crippen LogP contribution in [0.15, 0.2) is 10.4 Å². The van der Waals surface area contributed by atoms with Crippen LogP contribution in [0.25, 0.3) is 0 Å². The van der Waals surface area contributed by atoms with Gasteiger partial charge in [0.05, 0.1) is 6.54 Å². The first-order valence-corrected chi connectivity index (χ1v) is 10.3. The molecule has 0 saturated carbocycles. The summed E-state index contributed by atoms with van der Waals surface area (Å²) < 4.78 is 43.2. The number of carbonyl (C=O) groups excluding carboxylic acids is 1. The van der Waals surface area contributed by atoms with E-state index in [2.05, 4.69) is 20.6 Å². The normalized spacial score (nSPS) is 16.7. The summed E-state index contributed by atoms with van der Waals surface area (Å²) >= 11 is 0.956. The van der Waals surface area contributed by atoms with Crippen molar-refractivity contribution < 1.29 is 22.7 Å². The summed E-state index contributed by atoms with van der Waals surface area (Å²) in [5.41, 5.74) is -1.38. The second kappa shape index (κ2) is 9.64. The Morgan fingerprint density at radius 3 is 2.48 bits per heavy atom. The maximum Gasteiger partial charge on any atom is 0.434 e. The number of rotatable bonds is 4. The first-order valence-electron chi connectivity index (χ1n) is 9.42. The minimum atomic E-state index is -4.43. The standard InChI is InChI=1S/C18H28F3N5O2S/c1-17(2,3)28-16(27)26-7-5-12(6-8-26)9-23-15(22-4)24-10-14-25-13(11-29-14)18(19,20)21/h11-12H,5-10H2,1-4H3,(H2,22,23,24). The lowest BCUT2D eigenvalue weighted by atomic mass is 9.97. The molecule has 2 heterocycles. The molecule has 0 unspecified atom stereocenters. The molecule has 1 fully saturated rings. The minimum absolute atomic E-state index is 0.164. The van der Waals surface area contributed by atoms with Crippen molar-refractivity contribution in [2.24, 2.45) is 10.9 Å². The molecule has 0 atom stereocenters. The van der Waals surface area contributed by atoms with E-state index in [0.717, 1.165) is 29.6 Å². The van der Waals surface area contributed by atoms with Gasteiger partial charge in [-0.05, 0) is 39.5 Å². The topological polar surface area (TPSA) is 78.9 Å². The monoisotopic (exact) mass is 435 g/mol. The van der Waals surface area contributed by atoms with E-state index in [4.69, 9.17) is 4.74 Å². The fourth-order valence-electron chi connectivity index (χ4n) is 2.79. The molecule has 2 rings (SSSR count). The number of alkyl halides is 3. The van der Waals surface area contributed by atoms with Crippen LogP contribution in [-0.4, -0.2) is 54.2 Å². The van der Waals surface area contributed by atoms with Crippen molar-refractivity contribution in [2.45, 2.75) is 51.9 Å². The average molecular weight is 436 g/mol. The van der Waals surface area contributed by atoms with Crippen LogP contribution in [-0.2, 0) is 17.5 Å². The van der Waals surface area contributed by atoms with E-state index >= 15 is 0 Å². The Balaban J connectivity index is 1.72. The molecule has 0 spiro atoms. The Kier molecular flexibility index (Phi) is 7.73. The number of aromatic nitrogens is 1. The van der Waals surface area contributed by atoms with Gasteiger partial charge in [0.2, 0.25) is 0 Å². The van der Waals surface area contributed by atoms with Crippen molar-refractivity contribution in [1.29, 1.82) is 0 Å². The van der Waals surface area contributed by atoms with Crippen LogP contribution in [0.2, 0.25) is 0 Å². The Morgan fingerprint density at radius 1 is 1.31 bits per heavy atom. The molecule has 1 aromatic rings. The zero-order valence-corrected chi connectivity index (χ0v) is 17.9. The van der Waals surface area contributed by atoms with E-state index in [9.17, 15) is 18.0 Å². The Hall–Kier alpha value is -2.04. The van der Waals surface area contributed by atoms with Crippen LogP contribution < -0.4 is 10.6 Å². The number of hydrogen-bond acceptors (Lipinski definition) is 5. The number of carbonyl (C=O) groups is 1. The third-order valence-corrected chi connectivity index (χ3v) is 5.15. The van der Waals surface area contributed by atoms with Crippen molar-refractivity contribution in [1.82, 2.24) is 20.5 Å². The number of hydrogen-bond donors (Lipinski definition) is 2. The second-order valence-corrected chi connectivity index (χ2v) is 8.78. The fraction of sp³-hybridized carbons (Fsp3) is 0.722. The fourth-order valence-corrected chi connectivity index (χ4v) is 3.53. The maximum atomic E-state index is 12.6. The predicted molar refractivity (Wildman–Crippen MR) is 106 cm³/mol. The molecule has 1 aliphatic rings. The molecular formula is C18H28F3N5O2S. The number of likely N-dealkylation sites (tertiary alicyclic amines) is 1. The molecular weight excluding hydrogens is 407 g/mol. The number of aliphatic imine (C=N–C) groups is 1. The second-order valence-electron chi connectivity index (χ2n) is 7.84. The number of guanidine groups is 1. The number of ether oxygens (including phenoxy) is 1. The summed E-state index contributed by atoms with van der Waals surface area (Å²) in [4.78, 5) is 21.5. The van der Waals surface area contributed by atoms with Crippen LogP contribution in [0.3, 0.4) is 0 Å². The SMILES string of the molecule is CN=C(NCc1nc(C(F)(F)F)cs1)NCC1CCN(C(=O)OC(C)(C)C)CC1. The summed E-state index contributed by atoms with van der Waals surface area (Å²) in [7, 11) is 1.60. The maximum absolute atomic E-state index is 12.6. The first-order chi connectivity index (χ1) is 13.5. The largest absolute Gasteiger partial charge is 0.444 e. The molecule has 0 aliphatic carbocycles. The van der Waals surface area contributed by atoms with E-state index in [1.165, 1.54) is 0 Å². The van der Waals surface area contributed by atoms with Crippen molar-refractivity contribution in [3.63, 3.8) is 0 Å². The zero-order valence-electron chi connectivity index (χ0n) is 17.1. The number of thiazole rings is 1. The van der Waals surface area contributed by atoms with Crippen molar-refractivity contribution in [2.75, 3.05) is 26.7 Å². The van der Waals surface area contributed by atoms with Gasteiger partial charge in [0, 0.05) is 32.1 Å². The molecule has 1 aliphatic heterocycles. The van der Waals surface area contributed by atoms with Gasteiger partial charge in [-0.15, -0.1) is 11.3 Å². The van der Waals surface area contributed by atoms with Crippen LogP contribution >= 0.6 is 11.3 Å². The van der Waals surface area contributed by atoms with Gasteiger partial charge in [-0.3, -0.25) is 4.99 Å². The molecule has 29 heavy (non-hydrogen) atoms. The summed E-state index contributed by atoms with van der Waals surface area (Å²) in [6, 6.07) is 0. The zero-order chi connectivity index (χ0) is 21.7. The summed E-state index contributed by atoms with van der Waals surface area (Å²) in [5, 5.41) is 7.51. The number of halogens is 3. The van der Waals surface area contributed by atoms with Crippen LogP contribution in [0, 0.1) is 5.92 Å². The third-order valence-electron chi connectivity index (χ3n) is 4.30. The van der Waals surface area contributed by atoms with Crippen LogP contribution in [0.4, 0.5) is 18.0 Å². The number of nitrogens with one attached hydrogen (secondary N) is 2. The molecule has 11 heteroatoms. The van der Waals surface area contributed by atoms with E-state index in [1.54, 1.807) is 11.9 Å². The predicted octanol–water partition coefficient (Wildman–Crippen LogP) is 3.47. The Bertz CT molecular complexity index is 707. The van der Waals surface area contributed by atoms with E-state index in [-0.39, 0.29) is 12.6 Å². The molecule has 0 bridgehead atoms. The lowest BCUT2D eigenvalue weighted by molar-refractivity contribution is -0.140. The van der Waals surface area contributed by atoms with E-state index in [1.807, 2.05) is 20.8 Å². The summed E-state index contributed by atoms with van der Waals surface area (Å²) in [6.45, 7) is 7.62. The summed E-state index contributed by atoms with van der Waals surface area (Å²) in [5.74, 6) is 0.868.